The van der Waals surface area contributed by atoms with Crippen molar-refractivity contribution in [3.63, 3.8) is 0 Å². The molecule has 0 unspecified atom stereocenters. The third-order valence-corrected chi connectivity index (χ3v) is 6.71. The summed E-state index contributed by atoms with van der Waals surface area (Å²) in [6.45, 7) is 5.26. The Morgan fingerprint density at radius 3 is 2.28 bits per heavy atom. The van der Waals surface area contributed by atoms with E-state index in [2.05, 4.69) is 21.5 Å². The highest BCUT2D eigenvalue weighted by atomic mass is 16.2. The Kier molecular flexibility index (Phi) is 5.69. The van der Waals surface area contributed by atoms with E-state index in [1.54, 1.807) is 4.90 Å². The Balaban J connectivity index is 1.24. The summed E-state index contributed by atoms with van der Waals surface area (Å²) in [7, 11) is 0. The number of rotatable bonds is 4. The minimum atomic E-state index is -0.304. The van der Waals surface area contributed by atoms with Gasteiger partial charge in [0.2, 0.25) is 5.91 Å². The first kappa shape index (κ1) is 19.7. The molecule has 0 aliphatic carbocycles. The van der Waals surface area contributed by atoms with Crippen LogP contribution in [0.15, 0.2) is 12.1 Å². The van der Waals surface area contributed by atoms with Crippen LogP contribution in [0.4, 0.5) is 4.79 Å². The maximum Gasteiger partial charge on any atom is 0.314 e. The Morgan fingerprint density at radius 2 is 1.66 bits per heavy atom. The molecule has 156 valence electrons. The zero-order valence-corrected chi connectivity index (χ0v) is 17.1. The van der Waals surface area contributed by atoms with Crippen LogP contribution >= 0.6 is 0 Å². The number of hydrogen-bond donors (Lipinski definition) is 2. The Morgan fingerprint density at radius 1 is 1.03 bits per heavy atom. The number of carbonyl (C=O) groups is 2. The van der Waals surface area contributed by atoms with Gasteiger partial charge in [0, 0.05) is 32.6 Å². The van der Waals surface area contributed by atoms with Crippen molar-refractivity contribution in [1.29, 1.82) is 0 Å². The zero-order chi connectivity index (χ0) is 20.4. The molecule has 2 aromatic rings. The third kappa shape index (κ3) is 4.36. The van der Waals surface area contributed by atoms with Crippen LogP contribution in [0.25, 0.3) is 11.0 Å². The number of urea groups is 1. The molecule has 2 aliphatic heterocycles. The minimum absolute atomic E-state index is 0.241. The van der Waals surface area contributed by atoms with Gasteiger partial charge in [0.1, 0.15) is 11.0 Å². The number of aromatic nitrogens is 3. The molecule has 0 spiro atoms. The molecule has 0 atom stereocenters. The summed E-state index contributed by atoms with van der Waals surface area (Å²) in [5.74, 6) is 1.55. The highest BCUT2D eigenvalue weighted by Crippen LogP contribution is 2.32. The standard InChI is InChI=1S/C21H30N6O2/c1-14-12-15(13-18-20(14)24-25-23-18)2-3-19(28)26-8-4-16(5-9-26)17-6-10-27(11-7-17)21(22)29/h12-13,16-17H,2-11H2,1H3,(H2,22,29)(H,23,24,25). The fourth-order valence-corrected chi connectivity index (χ4v) is 4.96. The lowest BCUT2D eigenvalue weighted by molar-refractivity contribution is -0.132. The van der Waals surface area contributed by atoms with Crippen molar-refractivity contribution in [3.05, 3.63) is 23.3 Å². The zero-order valence-electron chi connectivity index (χ0n) is 17.1. The number of carbonyl (C=O) groups excluding carboxylic acids is 2. The maximum atomic E-state index is 12.7. The van der Waals surface area contributed by atoms with Gasteiger partial charge in [-0.1, -0.05) is 6.07 Å². The lowest BCUT2D eigenvalue weighted by atomic mass is 9.79. The molecule has 3 N–H and O–H groups in total. The van der Waals surface area contributed by atoms with Crippen LogP contribution in [0.3, 0.4) is 0 Å². The van der Waals surface area contributed by atoms with Crippen molar-refractivity contribution in [2.75, 3.05) is 26.2 Å². The van der Waals surface area contributed by atoms with Gasteiger partial charge >= 0.3 is 6.03 Å². The monoisotopic (exact) mass is 398 g/mol. The molecule has 4 rings (SSSR count). The van der Waals surface area contributed by atoms with Gasteiger partial charge in [-0.3, -0.25) is 4.79 Å². The SMILES string of the molecule is Cc1cc(CCC(=O)N2CCC(C3CCN(C(N)=O)CC3)CC2)cc2n[nH]nc12. The van der Waals surface area contributed by atoms with Gasteiger partial charge in [-0.2, -0.15) is 15.4 Å². The second-order valence-electron chi connectivity index (χ2n) is 8.48. The van der Waals surface area contributed by atoms with Crippen molar-refractivity contribution in [1.82, 2.24) is 25.2 Å². The number of piperidine rings is 2. The number of primary amides is 1. The molecule has 2 saturated heterocycles. The maximum absolute atomic E-state index is 12.7. The van der Waals surface area contributed by atoms with Crippen molar-refractivity contribution in [3.8, 4) is 0 Å². The molecule has 8 heteroatoms. The molecular formula is C21H30N6O2. The van der Waals surface area contributed by atoms with E-state index in [0.717, 1.165) is 80.4 Å². The predicted octanol–water partition coefficient (Wildman–Crippen LogP) is 2.23. The molecule has 1 aromatic heterocycles. The largest absolute Gasteiger partial charge is 0.351 e. The van der Waals surface area contributed by atoms with E-state index in [4.69, 9.17) is 5.73 Å². The Labute approximate surface area is 170 Å². The number of fused-ring (bicyclic) bond motifs is 1. The Hall–Kier alpha value is -2.64. The van der Waals surface area contributed by atoms with E-state index in [-0.39, 0.29) is 11.9 Å². The summed E-state index contributed by atoms with van der Waals surface area (Å²) in [5.41, 5.74) is 9.35. The quantitative estimate of drug-likeness (QED) is 0.823. The molecular weight excluding hydrogens is 368 g/mol. The number of hydrogen-bond acceptors (Lipinski definition) is 4. The molecule has 0 saturated carbocycles. The van der Waals surface area contributed by atoms with Gasteiger partial charge < -0.3 is 15.5 Å². The fourth-order valence-electron chi connectivity index (χ4n) is 4.96. The van der Waals surface area contributed by atoms with Crippen LogP contribution in [0, 0.1) is 18.8 Å². The second kappa shape index (κ2) is 8.39. The van der Waals surface area contributed by atoms with Crippen molar-refractivity contribution >= 4 is 23.0 Å². The lowest BCUT2D eigenvalue weighted by Gasteiger charge is -2.39. The second-order valence-corrected chi connectivity index (χ2v) is 8.48. The van der Waals surface area contributed by atoms with E-state index >= 15 is 0 Å². The van der Waals surface area contributed by atoms with Gasteiger partial charge in [-0.25, -0.2) is 4.79 Å². The van der Waals surface area contributed by atoms with Crippen LogP contribution in [0.5, 0.6) is 0 Å². The molecule has 29 heavy (non-hydrogen) atoms. The smallest absolute Gasteiger partial charge is 0.314 e. The highest BCUT2D eigenvalue weighted by molar-refractivity contribution is 5.79. The first-order valence-corrected chi connectivity index (χ1v) is 10.6. The number of aromatic amines is 1. The fraction of sp³-hybridized carbons (Fsp3) is 0.619. The molecule has 8 nitrogen and oxygen atoms in total. The molecule has 1 aromatic carbocycles. The molecule has 2 fully saturated rings. The number of amides is 3. The van der Waals surface area contributed by atoms with E-state index in [1.165, 1.54) is 0 Å². The van der Waals surface area contributed by atoms with Gasteiger partial charge in [0.15, 0.2) is 0 Å². The van der Waals surface area contributed by atoms with Crippen molar-refractivity contribution in [2.45, 2.75) is 45.4 Å². The number of nitrogens with one attached hydrogen (secondary N) is 1. The van der Waals surface area contributed by atoms with Crippen LogP contribution in [0.2, 0.25) is 0 Å². The molecule has 3 heterocycles. The highest BCUT2D eigenvalue weighted by Gasteiger charge is 2.31. The van der Waals surface area contributed by atoms with Crippen molar-refractivity contribution < 1.29 is 9.59 Å². The lowest BCUT2D eigenvalue weighted by Crippen LogP contribution is -2.45. The number of likely N-dealkylation sites (tertiary alicyclic amines) is 2. The molecule has 2 aliphatic rings. The van der Waals surface area contributed by atoms with Gasteiger partial charge in [0.25, 0.3) is 0 Å². The Bertz CT molecular complexity index is 878. The summed E-state index contributed by atoms with van der Waals surface area (Å²) < 4.78 is 0. The first-order valence-electron chi connectivity index (χ1n) is 10.6. The summed E-state index contributed by atoms with van der Waals surface area (Å²) in [4.78, 5) is 27.8. The minimum Gasteiger partial charge on any atom is -0.351 e. The van der Waals surface area contributed by atoms with Gasteiger partial charge in [-0.05, 0) is 68.1 Å². The van der Waals surface area contributed by atoms with Crippen molar-refractivity contribution in [2.24, 2.45) is 17.6 Å². The number of nitrogens with two attached hydrogens (primary N) is 1. The van der Waals surface area contributed by atoms with E-state index in [0.29, 0.717) is 18.3 Å². The number of aryl methyl sites for hydroxylation is 2. The third-order valence-electron chi connectivity index (χ3n) is 6.71. The van der Waals surface area contributed by atoms with Crippen LogP contribution in [0.1, 0.15) is 43.2 Å². The average molecular weight is 399 g/mol. The topological polar surface area (TPSA) is 108 Å². The molecule has 0 bridgehead atoms. The van der Waals surface area contributed by atoms with E-state index in [9.17, 15) is 9.59 Å². The van der Waals surface area contributed by atoms with Gasteiger partial charge in [-0.15, -0.1) is 0 Å². The number of benzene rings is 1. The first-order chi connectivity index (χ1) is 14.0. The summed E-state index contributed by atoms with van der Waals surface area (Å²) in [5, 5.41) is 11.0. The summed E-state index contributed by atoms with van der Waals surface area (Å²) >= 11 is 0. The average Bonchev–Trinajstić information content (AvgIpc) is 3.21. The normalized spacial score (nSPS) is 19.1. The van der Waals surface area contributed by atoms with Crippen LogP contribution in [-0.2, 0) is 11.2 Å². The number of H-pyrrole nitrogens is 1. The van der Waals surface area contributed by atoms with E-state index in [1.807, 2.05) is 17.9 Å². The van der Waals surface area contributed by atoms with Crippen LogP contribution < -0.4 is 5.73 Å². The van der Waals surface area contributed by atoms with Gasteiger partial charge in [0.05, 0.1) is 0 Å². The summed E-state index contributed by atoms with van der Waals surface area (Å²) in [6, 6.07) is 3.81. The predicted molar refractivity (Wildman–Crippen MR) is 110 cm³/mol. The molecule has 0 radical (unpaired) electrons. The summed E-state index contributed by atoms with van der Waals surface area (Å²) in [6.07, 6.45) is 5.46. The van der Waals surface area contributed by atoms with E-state index < -0.39 is 0 Å². The van der Waals surface area contributed by atoms with Crippen LogP contribution in [-0.4, -0.2) is 63.3 Å². The molecule has 3 amide bonds. The number of nitrogens with zero attached hydrogens (tertiary/aromatic N) is 4.